The van der Waals surface area contributed by atoms with Crippen LogP contribution < -0.4 is 0 Å². The smallest absolute Gasteiger partial charge is 0.276 e. The van der Waals surface area contributed by atoms with Crippen LogP contribution in [0.1, 0.15) is 28.0 Å². The molecule has 2 nitrogen and oxygen atoms in total. The van der Waals surface area contributed by atoms with Crippen molar-refractivity contribution in [3.05, 3.63) is 29.1 Å². The molecule has 0 amide bonds. The Labute approximate surface area is 91.0 Å². The summed E-state index contributed by atoms with van der Waals surface area (Å²) in [6.45, 7) is 0. The second kappa shape index (κ2) is 4.32. The number of alkyl halides is 5. The highest BCUT2D eigenvalue weighted by atomic mass is 35.5. The zero-order valence-electron chi connectivity index (χ0n) is 7.36. The Morgan fingerprint density at radius 2 is 1.94 bits per heavy atom. The monoisotopic (exact) mass is 259 g/mol. The van der Waals surface area contributed by atoms with E-state index in [-0.39, 0.29) is 0 Å². The predicted octanol–water partition coefficient (Wildman–Crippen LogP) is 3.42. The third kappa shape index (κ3) is 2.46. The highest BCUT2D eigenvalue weighted by Gasteiger charge is 2.39. The first kappa shape index (κ1) is 12.8. The fraction of sp³-hybridized carbons (Fsp3) is 0.250. The third-order valence-electron chi connectivity index (χ3n) is 1.68. The Balaban J connectivity index is 3.52. The second-order valence-corrected chi connectivity index (χ2v) is 3.04. The summed E-state index contributed by atoms with van der Waals surface area (Å²) in [5, 5.41) is -1.62. The maximum absolute atomic E-state index is 12.4. The number of rotatable bonds is 2. The van der Waals surface area contributed by atoms with Gasteiger partial charge in [-0.1, -0.05) is 0 Å². The minimum absolute atomic E-state index is 0.549. The van der Waals surface area contributed by atoms with E-state index in [1.807, 2.05) is 0 Å². The van der Waals surface area contributed by atoms with E-state index in [9.17, 15) is 26.7 Å². The van der Waals surface area contributed by atoms with Gasteiger partial charge in [-0.15, -0.1) is 0 Å². The maximum Gasteiger partial charge on any atom is 0.434 e. The summed E-state index contributed by atoms with van der Waals surface area (Å²) in [5.41, 5.74) is -4.08. The average Bonchev–Trinajstić information content (AvgIpc) is 2.14. The molecule has 0 spiro atoms. The lowest BCUT2D eigenvalue weighted by molar-refractivity contribution is -0.141. The van der Waals surface area contributed by atoms with Crippen LogP contribution >= 0.6 is 11.6 Å². The van der Waals surface area contributed by atoms with Crippen LogP contribution in [0.3, 0.4) is 0 Å². The SMILES string of the molecule is O=C(Cl)c1c(C(F)F)ccnc1C(F)(F)F. The van der Waals surface area contributed by atoms with Gasteiger partial charge in [0, 0.05) is 11.8 Å². The highest BCUT2D eigenvalue weighted by molar-refractivity contribution is 6.68. The fourth-order valence-electron chi connectivity index (χ4n) is 1.08. The normalized spacial score (nSPS) is 11.9. The van der Waals surface area contributed by atoms with Crippen LogP contribution in [0.25, 0.3) is 0 Å². The number of aromatic nitrogens is 1. The van der Waals surface area contributed by atoms with Crippen LogP contribution in [-0.4, -0.2) is 10.2 Å². The molecule has 0 aromatic carbocycles. The van der Waals surface area contributed by atoms with Crippen molar-refractivity contribution in [1.29, 1.82) is 0 Å². The van der Waals surface area contributed by atoms with Gasteiger partial charge in [0.25, 0.3) is 11.7 Å². The molecular formula is C8H3ClF5NO. The van der Waals surface area contributed by atoms with E-state index in [0.29, 0.717) is 12.3 Å². The molecule has 0 aliphatic rings. The Hall–Kier alpha value is -1.24. The quantitative estimate of drug-likeness (QED) is 0.602. The summed E-state index contributed by atoms with van der Waals surface area (Å²) in [6, 6.07) is 0.621. The van der Waals surface area contributed by atoms with Crippen molar-refractivity contribution in [2.75, 3.05) is 0 Å². The van der Waals surface area contributed by atoms with Crippen LogP contribution in [-0.2, 0) is 6.18 Å². The molecule has 0 fully saturated rings. The van der Waals surface area contributed by atoms with E-state index in [1.165, 1.54) is 0 Å². The molecule has 0 bridgehead atoms. The van der Waals surface area contributed by atoms with E-state index < -0.39 is 34.7 Å². The number of hydrogen-bond donors (Lipinski definition) is 0. The van der Waals surface area contributed by atoms with Crippen molar-refractivity contribution in [1.82, 2.24) is 4.98 Å². The average molecular weight is 260 g/mol. The minimum Gasteiger partial charge on any atom is -0.276 e. The summed E-state index contributed by atoms with van der Waals surface area (Å²) >= 11 is 4.85. The minimum atomic E-state index is -5.01. The molecule has 0 saturated carbocycles. The zero-order chi connectivity index (χ0) is 12.5. The van der Waals surface area contributed by atoms with Gasteiger partial charge in [0.05, 0.1) is 5.56 Å². The second-order valence-electron chi connectivity index (χ2n) is 2.70. The zero-order valence-corrected chi connectivity index (χ0v) is 8.11. The number of nitrogens with zero attached hydrogens (tertiary/aromatic N) is 1. The molecule has 1 aromatic rings. The van der Waals surface area contributed by atoms with Gasteiger partial charge in [-0.3, -0.25) is 9.78 Å². The molecular weight excluding hydrogens is 257 g/mol. The Morgan fingerprint density at radius 3 is 2.31 bits per heavy atom. The summed E-state index contributed by atoms with van der Waals surface area (Å²) in [5.74, 6) is 0. The van der Waals surface area contributed by atoms with E-state index in [0.717, 1.165) is 0 Å². The largest absolute Gasteiger partial charge is 0.434 e. The highest BCUT2D eigenvalue weighted by Crippen LogP contribution is 2.35. The van der Waals surface area contributed by atoms with Crippen molar-refractivity contribution >= 4 is 16.8 Å². The van der Waals surface area contributed by atoms with E-state index in [1.54, 1.807) is 0 Å². The molecule has 1 aromatic heterocycles. The lowest BCUT2D eigenvalue weighted by atomic mass is 10.1. The van der Waals surface area contributed by atoms with E-state index in [2.05, 4.69) is 4.98 Å². The first-order valence-corrected chi connectivity index (χ1v) is 4.17. The topological polar surface area (TPSA) is 30.0 Å². The van der Waals surface area contributed by atoms with Crippen LogP contribution in [0, 0.1) is 0 Å². The Bertz CT molecular complexity index is 417. The molecule has 0 unspecified atom stereocenters. The van der Waals surface area contributed by atoms with Crippen molar-refractivity contribution in [3.8, 4) is 0 Å². The molecule has 8 heteroatoms. The Morgan fingerprint density at radius 1 is 1.38 bits per heavy atom. The summed E-state index contributed by atoms with van der Waals surface area (Å²) in [4.78, 5) is 13.6. The molecule has 0 aliphatic heterocycles. The molecule has 0 N–H and O–H groups in total. The van der Waals surface area contributed by atoms with Crippen molar-refractivity contribution < 1.29 is 26.7 Å². The van der Waals surface area contributed by atoms with Crippen LogP contribution in [0.4, 0.5) is 22.0 Å². The fourth-order valence-corrected chi connectivity index (χ4v) is 1.28. The molecule has 0 saturated heterocycles. The summed E-state index contributed by atoms with van der Waals surface area (Å²) in [7, 11) is 0. The van der Waals surface area contributed by atoms with Gasteiger partial charge in [-0.25, -0.2) is 8.78 Å². The van der Waals surface area contributed by atoms with Gasteiger partial charge in [0.15, 0.2) is 5.69 Å². The molecule has 0 radical (unpaired) electrons. The van der Waals surface area contributed by atoms with Crippen molar-refractivity contribution in [3.63, 3.8) is 0 Å². The Kier molecular flexibility index (Phi) is 3.47. The summed E-state index contributed by atoms with van der Waals surface area (Å²) < 4.78 is 61.7. The van der Waals surface area contributed by atoms with Gasteiger partial charge in [-0.05, 0) is 17.7 Å². The summed E-state index contributed by atoms with van der Waals surface area (Å²) in [6.07, 6.45) is -7.69. The molecule has 0 aliphatic carbocycles. The van der Waals surface area contributed by atoms with Gasteiger partial charge in [-0.2, -0.15) is 13.2 Å². The van der Waals surface area contributed by atoms with Gasteiger partial charge in [0.1, 0.15) is 0 Å². The number of carbonyl (C=O) groups excluding carboxylic acids is 1. The lowest BCUT2D eigenvalue weighted by Gasteiger charge is -2.12. The first-order valence-electron chi connectivity index (χ1n) is 3.79. The number of hydrogen-bond acceptors (Lipinski definition) is 2. The van der Waals surface area contributed by atoms with Crippen molar-refractivity contribution in [2.45, 2.75) is 12.6 Å². The number of halogens is 6. The van der Waals surface area contributed by atoms with E-state index in [4.69, 9.17) is 11.6 Å². The lowest BCUT2D eigenvalue weighted by Crippen LogP contribution is -2.15. The van der Waals surface area contributed by atoms with Crippen LogP contribution in [0.2, 0.25) is 0 Å². The van der Waals surface area contributed by atoms with Gasteiger partial charge >= 0.3 is 6.18 Å². The standard InChI is InChI=1S/C8H3ClF5NO/c9-6(16)4-3(7(10)11)1-2-15-5(4)8(12,13)14/h1-2,7H. The predicted molar refractivity (Wildman–Crippen MR) is 44.4 cm³/mol. The first-order chi connectivity index (χ1) is 7.25. The molecule has 1 heterocycles. The van der Waals surface area contributed by atoms with E-state index >= 15 is 0 Å². The number of carbonyl (C=O) groups is 1. The molecule has 1 rings (SSSR count). The molecule has 88 valence electrons. The third-order valence-corrected chi connectivity index (χ3v) is 1.87. The molecule has 0 atom stereocenters. The van der Waals surface area contributed by atoms with Crippen LogP contribution in [0.15, 0.2) is 12.3 Å². The van der Waals surface area contributed by atoms with Crippen molar-refractivity contribution in [2.24, 2.45) is 0 Å². The molecule has 16 heavy (non-hydrogen) atoms. The van der Waals surface area contributed by atoms with Gasteiger partial charge in [0.2, 0.25) is 0 Å². The maximum atomic E-state index is 12.4. The number of pyridine rings is 1. The van der Waals surface area contributed by atoms with Crippen LogP contribution in [0.5, 0.6) is 0 Å². The van der Waals surface area contributed by atoms with Gasteiger partial charge < -0.3 is 0 Å².